The standard InChI is InChI=1S/C19H28ClN3O/c1-4-6-7-8-16(17(5-2)22-3)18(21)19(24)23-13-14-9-11-15(20)12-10-14/h9-12H,4-8,13,21H2,1-3H3,(H,23,24)/b18-16-,22-17?. The van der Waals surface area contributed by atoms with E-state index < -0.39 is 0 Å². The van der Waals surface area contributed by atoms with Crippen molar-refractivity contribution in [2.45, 2.75) is 52.5 Å². The van der Waals surface area contributed by atoms with Crippen molar-refractivity contribution in [1.82, 2.24) is 5.32 Å². The van der Waals surface area contributed by atoms with Crippen molar-refractivity contribution in [3.05, 3.63) is 46.1 Å². The molecular formula is C19H28ClN3O. The van der Waals surface area contributed by atoms with Gasteiger partial charge in [0.2, 0.25) is 0 Å². The van der Waals surface area contributed by atoms with E-state index >= 15 is 0 Å². The molecule has 3 N–H and O–H groups in total. The Kier molecular flexibility index (Phi) is 9.16. The summed E-state index contributed by atoms with van der Waals surface area (Å²) in [5, 5.41) is 3.55. The lowest BCUT2D eigenvalue weighted by Crippen LogP contribution is -2.30. The van der Waals surface area contributed by atoms with Crippen LogP contribution >= 0.6 is 11.6 Å². The minimum Gasteiger partial charge on any atom is -0.394 e. The smallest absolute Gasteiger partial charge is 0.267 e. The summed E-state index contributed by atoms with van der Waals surface area (Å²) in [6, 6.07) is 7.37. The van der Waals surface area contributed by atoms with Gasteiger partial charge in [0.25, 0.3) is 5.91 Å². The number of aliphatic imine (C=N–C) groups is 1. The van der Waals surface area contributed by atoms with Crippen LogP contribution in [0.2, 0.25) is 5.02 Å². The Bertz CT molecular complexity index is 591. The van der Waals surface area contributed by atoms with Crippen LogP contribution in [-0.2, 0) is 11.3 Å². The third kappa shape index (κ3) is 6.36. The van der Waals surface area contributed by atoms with Gasteiger partial charge in [0.1, 0.15) is 5.70 Å². The first-order valence-electron chi connectivity index (χ1n) is 8.50. The van der Waals surface area contributed by atoms with Crippen LogP contribution in [0.25, 0.3) is 0 Å². The SMILES string of the molecule is CCCCC/C(C(CC)=NC)=C(/N)C(=O)NCc1ccc(Cl)cc1. The maximum atomic E-state index is 12.4. The molecule has 1 aromatic carbocycles. The zero-order chi connectivity index (χ0) is 17.9. The number of carbonyl (C=O) groups is 1. The van der Waals surface area contributed by atoms with Gasteiger partial charge in [-0.15, -0.1) is 0 Å². The topological polar surface area (TPSA) is 67.5 Å². The zero-order valence-corrected chi connectivity index (χ0v) is 15.6. The van der Waals surface area contributed by atoms with Crippen molar-refractivity contribution >= 4 is 23.2 Å². The van der Waals surface area contributed by atoms with Gasteiger partial charge in [-0.3, -0.25) is 9.79 Å². The molecule has 24 heavy (non-hydrogen) atoms. The van der Waals surface area contributed by atoms with E-state index in [1.54, 1.807) is 19.2 Å². The third-order valence-corrected chi connectivity index (χ3v) is 4.17. The highest BCUT2D eigenvalue weighted by atomic mass is 35.5. The van der Waals surface area contributed by atoms with Gasteiger partial charge in [-0.1, -0.05) is 50.4 Å². The van der Waals surface area contributed by atoms with E-state index in [1.165, 1.54) is 0 Å². The van der Waals surface area contributed by atoms with Crippen molar-refractivity contribution in [2.24, 2.45) is 10.7 Å². The maximum absolute atomic E-state index is 12.4. The van der Waals surface area contributed by atoms with Gasteiger partial charge in [0, 0.05) is 29.9 Å². The molecule has 0 saturated carbocycles. The molecule has 0 spiro atoms. The van der Waals surface area contributed by atoms with Crippen molar-refractivity contribution in [2.75, 3.05) is 7.05 Å². The molecular weight excluding hydrogens is 322 g/mol. The Labute approximate surface area is 150 Å². The fourth-order valence-corrected chi connectivity index (χ4v) is 2.64. The second-order valence-corrected chi connectivity index (χ2v) is 6.12. The van der Waals surface area contributed by atoms with E-state index in [2.05, 4.69) is 17.2 Å². The summed E-state index contributed by atoms with van der Waals surface area (Å²) in [5.41, 5.74) is 9.19. The van der Waals surface area contributed by atoms with Crippen LogP contribution in [0.15, 0.2) is 40.5 Å². The van der Waals surface area contributed by atoms with E-state index in [-0.39, 0.29) is 11.6 Å². The molecule has 1 aromatic rings. The largest absolute Gasteiger partial charge is 0.394 e. The summed E-state index contributed by atoms with van der Waals surface area (Å²) in [4.78, 5) is 16.7. The number of allylic oxidation sites excluding steroid dienone is 1. The van der Waals surface area contributed by atoms with Gasteiger partial charge in [-0.25, -0.2) is 0 Å². The second kappa shape index (κ2) is 10.9. The molecule has 0 fully saturated rings. The lowest BCUT2D eigenvalue weighted by atomic mass is 9.98. The first-order valence-corrected chi connectivity index (χ1v) is 8.88. The van der Waals surface area contributed by atoms with E-state index in [0.717, 1.165) is 49.0 Å². The van der Waals surface area contributed by atoms with Gasteiger partial charge < -0.3 is 11.1 Å². The van der Waals surface area contributed by atoms with Gasteiger partial charge in [0.05, 0.1) is 0 Å². The molecule has 4 nitrogen and oxygen atoms in total. The molecule has 1 rings (SSSR count). The minimum absolute atomic E-state index is 0.244. The van der Waals surface area contributed by atoms with E-state index in [4.69, 9.17) is 17.3 Å². The Hall–Kier alpha value is -1.81. The molecule has 0 atom stereocenters. The number of nitrogens with zero attached hydrogens (tertiary/aromatic N) is 1. The highest BCUT2D eigenvalue weighted by Gasteiger charge is 2.15. The zero-order valence-electron chi connectivity index (χ0n) is 14.9. The minimum atomic E-state index is -0.244. The number of halogens is 1. The Balaban J connectivity index is 2.83. The highest BCUT2D eigenvalue weighted by Crippen LogP contribution is 2.16. The molecule has 5 heteroatoms. The van der Waals surface area contributed by atoms with Crippen LogP contribution in [0.1, 0.15) is 51.5 Å². The Morgan fingerprint density at radius 3 is 2.42 bits per heavy atom. The van der Waals surface area contributed by atoms with Crippen molar-refractivity contribution in [3.63, 3.8) is 0 Å². The number of carbonyl (C=O) groups excluding carboxylic acids is 1. The molecule has 0 saturated heterocycles. The number of nitrogens with one attached hydrogen (secondary N) is 1. The molecule has 0 aliphatic heterocycles. The maximum Gasteiger partial charge on any atom is 0.267 e. The monoisotopic (exact) mass is 349 g/mol. The average Bonchev–Trinajstić information content (AvgIpc) is 2.60. The lowest BCUT2D eigenvalue weighted by molar-refractivity contribution is -0.117. The Morgan fingerprint density at radius 1 is 1.21 bits per heavy atom. The summed E-state index contributed by atoms with van der Waals surface area (Å²) in [7, 11) is 1.75. The molecule has 0 aromatic heterocycles. The highest BCUT2D eigenvalue weighted by molar-refractivity contribution is 6.30. The van der Waals surface area contributed by atoms with E-state index in [0.29, 0.717) is 11.6 Å². The van der Waals surface area contributed by atoms with E-state index in [9.17, 15) is 4.79 Å². The van der Waals surface area contributed by atoms with Gasteiger partial charge in [-0.2, -0.15) is 0 Å². The van der Waals surface area contributed by atoms with Crippen LogP contribution in [0.5, 0.6) is 0 Å². The normalized spacial score (nSPS) is 12.8. The summed E-state index contributed by atoms with van der Waals surface area (Å²) < 4.78 is 0. The fourth-order valence-electron chi connectivity index (χ4n) is 2.51. The third-order valence-electron chi connectivity index (χ3n) is 3.92. The predicted octanol–water partition coefficient (Wildman–Crippen LogP) is 4.23. The molecule has 0 aliphatic rings. The number of nitrogens with two attached hydrogens (primary N) is 1. The van der Waals surface area contributed by atoms with Crippen LogP contribution in [0.3, 0.4) is 0 Å². The molecule has 0 radical (unpaired) electrons. The van der Waals surface area contributed by atoms with Gasteiger partial charge in [-0.05, 0) is 37.0 Å². The number of unbranched alkanes of at least 4 members (excludes halogenated alkanes) is 2. The van der Waals surface area contributed by atoms with Gasteiger partial charge >= 0.3 is 0 Å². The van der Waals surface area contributed by atoms with Crippen LogP contribution in [-0.4, -0.2) is 18.7 Å². The molecule has 0 unspecified atom stereocenters. The van der Waals surface area contributed by atoms with Crippen LogP contribution in [0, 0.1) is 0 Å². The second-order valence-electron chi connectivity index (χ2n) is 5.68. The quantitative estimate of drug-likeness (QED) is 0.398. The molecule has 0 bridgehead atoms. The van der Waals surface area contributed by atoms with Crippen LogP contribution < -0.4 is 11.1 Å². The summed E-state index contributed by atoms with van der Waals surface area (Å²) in [6.07, 6.45) is 4.80. The number of amides is 1. The fraction of sp³-hybridized carbons (Fsp3) is 0.474. The number of hydrogen-bond acceptors (Lipinski definition) is 3. The lowest BCUT2D eigenvalue weighted by Gasteiger charge is -2.14. The first-order chi connectivity index (χ1) is 11.5. The molecule has 132 valence electrons. The first kappa shape index (κ1) is 20.2. The number of hydrogen-bond donors (Lipinski definition) is 2. The Morgan fingerprint density at radius 2 is 1.88 bits per heavy atom. The van der Waals surface area contributed by atoms with Crippen LogP contribution in [0.4, 0.5) is 0 Å². The average molecular weight is 350 g/mol. The molecule has 0 heterocycles. The van der Waals surface area contributed by atoms with Crippen molar-refractivity contribution in [3.8, 4) is 0 Å². The van der Waals surface area contributed by atoms with E-state index in [1.807, 2.05) is 19.1 Å². The van der Waals surface area contributed by atoms with Crippen molar-refractivity contribution in [1.29, 1.82) is 0 Å². The summed E-state index contributed by atoms with van der Waals surface area (Å²) >= 11 is 5.87. The predicted molar refractivity (Wildman–Crippen MR) is 102 cm³/mol. The van der Waals surface area contributed by atoms with Gasteiger partial charge in [0.15, 0.2) is 0 Å². The summed E-state index contributed by atoms with van der Waals surface area (Å²) in [6.45, 7) is 4.60. The summed E-state index contributed by atoms with van der Waals surface area (Å²) in [5.74, 6) is -0.244. The van der Waals surface area contributed by atoms with Crippen molar-refractivity contribution < 1.29 is 4.79 Å². The number of rotatable bonds is 9. The molecule has 1 amide bonds. The molecule has 0 aliphatic carbocycles. The number of benzene rings is 1.